The van der Waals surface area contributed by atoms with Gasteiger partial charge in [0.05, 0.1) is 7.11 Å². The van der Waals surface area contributed by atoms with Crippen molar-refractivity contribution in [1.82, 2.24) is 10.6 Å². The van der Waals surface area contributed by atoms with Gasteiger partial charge in [-0.25, -0.2) is 0 Å². The third-order valence-electron chi connectivity index (χ3n) is 3.37. The largest absolute Gasteiger partial charge is 0.496 e. The van der Waals surface area contributed by atoms with E-state index in [1.54, 1.807) is 7.11 Å². The normalized spacial score (nSPS) is 13.1. The molecular weight excluding hydrogens is 236 g/mol. The minimum atomic E-state index is 0.260. The molecule has 0 bridgehead atoms. The lowest BCUT2D eigenvalue weighted by Crippen LogP contribution is -2.33. The van der Waals surface area contributed by atoms with Gasteiger partial charge in [0.25, 0.3) is 0 Å². The van der Waals surface area contributed by atoms with Crippen LogP contribution in [0.3, 0.4) is 0 Å². The van der Waals surface area contributed by atoms with Crippen LogP contribution in [0.5, 0.6) is 5.75 Å². The second-order valence-electron chi connectivity index (χ2n) is 5.56. The summed E-state index contributed by atoms with van der Waals surface area (Å²) in [5.74, 6) is 1.48. The van der Waals surface area contributed by atoms with Crippen molar-refractivity contribution >= 4 is 0 Å². The summed E-state index contributed by atoms with van der Waals surface area (Å²) in [6, 6.07) is 7.22. The third kappa shape index (κ3) is 4.51. The van der Waals surface area contributed by atoms with Gasteiger partial charge in [-0.15, -0.1) is 0 Å². The standard InChI is InChI=1S/C16H28N2O/c1-11(2)13-7-8-16(19-6)14(9-13)15(17-5)10-18-12(3)4/h7-9,11-12,15,17-18H,10H2,1-6H3. The first-order valence-electron chi connectivity index (χ1n) is 7.08. The predicted octanol–water partition coefficient (Wildman–Crippen LogP) is 3.08. The summed E-state index contributed by atoms with van der Waals surface area (Å²) in [7, 11) is 3.73. The quantitative estimate of drug-likeness (QED) is 0.794. The van der Waals surface area contributed by atoms with E-state index in [1.807, 2.05) is 7.05 Å². The van der Waals surface area contributed by atoms with Gasteiger partial charge in [0.1, 0.15) is 5.75 Å². The van der Waals surface area contributed by atoms with Crippen molar-refractivity contribution in [2.75, 3.05) is 20.7 Å². The molecule has 0 heterocycles. The summed E-state index contributed by atoms with van der Waals surface area (Å²) in [6.45, 7) is 9.65. The second-order valence-corrected chi connectivity index (χ2v) is 5.56. The van der Waals surface area contributed by atoms with Crippen LogP contribution >= 0.6 is 0 Å². The fourth-order valence-electron chi connectivity index (χ4n) is 2.11. The summed E-state index contributed by atoms with van der Waals surface area (Å²) in [5, 5.41) is 6.85. The van der Waals surface area contributed by atoms with Crippen LogP contribution < -0.4 is 15.4 Å². The Kier molecular flexibility index (Phi) is 6.32. The molecule has 19 heavy (non-hydrogen) atoms. The molecule has 1 aromatic carbocycles. The molecule has 1 atom stereocenters. The topological polar surface area (TPSA) is 33.3 Å². The number of hydrogen-bond donors (Lipinski definition) is 2. The maximum Gasteiger partial charge on any atom is 0.123 e. The van der Waals surface area contributed by atoms with E-state index in [1.165, 1.54) is 11.1 Å². The van der Waals surface area contributed by atoms with Crippen LogP contribution in [0.1, 0.15) is 50.8 Å². The molecule has 0 fully saturated rings. The average Bonchev–Trinajstić information content (AvgIpc) is 2.38. The Balaban J connectivity index is 3.01. The highest BCUT2D eigenvalue weighted by Crippen LogP contribution is 2.28. The van der Waals surface area contributed by atoms with E-state index in [9.17, 15) is 0 Å². The zero-order valence-corrected chi connectivity index (χ0v) is 13.1. The highest BCUT2D eigenvalue weighted by atomic mass is 16.5. The lowest BCUT2D eigenvalue weighted by Gasteiger charge is -2.22. The van der Waals surface area contributed by atoms with Crippen molar-refractivity contribution in [2.45, 2.75) is 45.7 Å². The molecule has 0 saturated carbocycles. The molecule has 108 valence electrons. The van der Waals surface area contributed by atoms with Crippen molar-refractivity contribution in [3.8, 4) is 5.75 Å². The average molecular weight is 264 g/mol. The first-order valence-corrected chi connectivity index (χ1v) is 7.08. The van der Waals surface area contributed by atoms with E-state index in [2.05, 4.69) is 56.5 Å². The molecule has 0 amide bonds. The molecule has 1 unspecified atom stereocenters. The molecular formula is C16H28N2O. The van der Waals surface area contributed by atoms with E-state index >= 15 is 0 Å². The van der Waals surface area contributed by atoms with E-state index < -0.39 is 0 Å². The number of rotatable bonds is 7. The number of nitrogens with one attached hydrogen (secondary N) is 2. The number of methoxy groups -OCH3 is 1. The van der Waals surface area contributed by atoms with Crippen molar-refractivity contribution in [3.63, 3.8) is 0 Å². The second kappa shape index (κ2) is 7.51. The van der Waals surface area contributed by atoms with Gasteiger partial charge in [-0.3, -0.25) is 0 Å². The highest BCUT2D eigenvalue weighted by Gasteiger charge is 2.16. The van der Waals surface area contributed by atoms with Crippen molar-refractivity contribution in [1.29, 1.82) is 0 Å². The van der Waals surface area contributed by atoms with Crippen molar-refractivity contribution in [3.05, 3.63) is 29.3 Å². The molecule has 1 aromatic rings. The van der Waals surface area contributed by atoms with Gasteiger partial charge in [0.15, 0.2) is 0 Å². The van der Waals surface area contributed by atoms with Crippen LogP contribution in [0.4, 0.5) is 0 Å². The molecule has 0 aliphatic rings. The molecule has 0 radical (unpaired) electrons. The number of benzene rings is 1. The first kappa shape index (κ1) is 16.0. The maximum atomic E-state index is 5.50. The van der Waals surface area contributed by atoms with Crippen LogP contribution in [-0.4, -0.2) is 26.7 Å². The molecule has 3 nitrogen and oxygen atoms in total. The number of ether oxygens (including phenoxy) is 1. The monoisotopic (exact) mass is 264 g/mol. The van der Waals surface area contributed by atoms with E-state index in [0.717, 1.165) is 12.3 Å². The highest BCUT2D eigenvalue weighted by molar-refractivity contribution is 5.40. The number of likely N-dealkylation sites (N-methyl/N-ethyl adjacent to an activating group) is 1. The maximum absolute atomic E-state index is 5.50. The molecule has 0 spiro atoms. The van der Waals surface area contributed by atoms with Crippen LogP contribution in [-0.2, 0) is 0 Å². The van der Waals surface area contributed by atoms with E-state index in [0.29, 0.717) is 12.0 Å². The summed E-state index contributed by atoms with van der Waals surface area (Å²) < 4.78 is 5.50. The van der Waals surface area contributed by atoms with Gasteiger partial charge in [-0.05, 0) is 24.6 Å². The van der Waals surface area contributed by atoms with Crippen molar-refractivity contribution < 1.29 is 4.74 Å². The fraction of sp³-hybridized carbons (Fsp3) is 0.625. The molecule has 0 saturated heterocycles. The lowest BCUT2D eigenvalue weighted by molar-refractivity contribution is 0.396. The molecule has 0 aliphatic heterocycles. The van der Waals surface area contributed by atoms with Gasteiger partial charge in [0, 0.05) is 24.2 Å². The molecule has 1 rings (SSSR count). The lowest BCUT2D eigenvalue weighted by atomic mass is 9.96. The summed E-state index contributed by atoms with van der Waals surface area (Å²) in [4.78, 5) is 0. The Morgan fingerprint density at radius 1 is 1.16 bits per heavy atom. The Hall–Kier alpha value is -1.06. The van der Waals surface area contributed by atoms with E-state index in [4.69, 9.17) is 4.74 Å². The third-order valence-corrected chi connectivity index (χ3v) is 3.37. The van der Waals surface area contributed by atoms with Crippen molar-refractivity contribution in [2.24, 2.45) is 0 Å². The first-order chi connectivity index (χ1) is 8.99. The van der Waals surface area contributed by atoms with Crippen LogP contribution in [0.2, 0.25) is 0 Å². The van der Waals surface area contributed by atoms with Gasteiger partial charge >= 0.3 is 0 Å². The molecule has 2 N–H and O–H groups in total. The molecule has 3 heteroatoms. The molecule has 0 aliphatic carbocycles. The van der Waals surface area contributed by atoms with Crippen LogP contribution in [0.15, 0.2) is 18.2 Å². The summed E-state index contributed by atoms with van der Waals surface area (Å²) >= 11 is 0. The van der Waals surface area contributed by atoms with Crippen LogP contribution in [0.25, 0.3) is 0 Å². The van der Waals surface area contributed by atoms with Crippen LogP contribution in [0, 0.1) is 0 Å². The van der Waals surface area contributed by atoms with Gasteiger partial charge in [0.2, 0.25) is 0 Å². The molecule has 0 aromatic heterocycles. The number of hydrogen-bond acceptors (Lipinski definition) is 3. The Bertz CT molecular complexity index is 388. The minimum absolute atomic E-state index is 0.260. The van der Waals surface area contributed by atoms with Gasteiger partial charge < -0.3 is 15.4 Å². The fourth-order valence-corrected chi connectivity index (χ4v) is 2.11. The SMILES string of the molecule is CNC(CNC(C)C)c1cc(C(C)C)ccc1OC. The Morgan fingerprint density at radius 2 is 1.84 bits per heavy atom. The van der Waals surface area contributed by atoms with Gasteiger partial charge in [-0.1, -0.05) is 39.8 Å². The van der Waals surface area contributed by atoms with Gasteiger partial charge in [-0.2, -0.15) is 0 Å². The predicted molar refractivity (Wildman–Crippen MR) is 82.0 cm³/mol. The Labute approximate surface area is 117 Å². The summed E-state index contributed by atoms with van der Waals surface area (Å²) in [6.07, 6.45) is 0. The van der Waals surface area contributed by atoms with E-state index in [-0.39, 0.29) is 6.04 Å². The Morgan fingerprint density at radius 3 is 2.32 bits per heavy atom. The zero-order valence-electron chi connectivity index (χ0n) is 13.1. The minimum Gasteiger partial charge on any atom is -0.496 e. The summed E-state index contributed by atoms with van der Waals surface area (Å²) in [5.41, 5.74) is 2.57. The zero-order chi connectivity index (χ0) is 14.4. The smallest absolute Gasteiger partial charge is 0.123 e.